The normalized spacial score (nSPS) is 14.1. The first-order valence-corrected chi connectivity index (χ1v) is 7.07. The van der Waals surface area contributed by atoms with Crippen molar-refractivity contribution in [3.05, 3.63) is 27.9 Å². The van der Waals surface area contributed by atoms with Crippen molar-refractivity contribution in [1.29, 1.82) is 0 Å². The number of amides is 1. The second-order valence-electron chi connectivity index (χ2n) is 5.68. The molecule has 1 aromatic heterocycles. The van der Waals surface area contributed by atoms with E-state index in [0.29, 0.717) is 18.3 Å². The number of anilines is 1. The van der Waals surface area contributed by atoms with E-state index in [1.54, 1.807) is 7.05 Å². The summed E-state index contributed by atoms with van der Waals surface area (Å²) < 4.78 is 0. The maximum Gasteiger partial charge on any atom is 0.288 e. The SMILES string of the molecule is CNc1ncc([N+](=O)[O-])cc1C(=O)N(CC(C)C)C1CC1. The van der Waals surface area contributed by atoms with Crippen LogP contribution in [-0.4, -0.2) is 40.3 Å². The Morgan fingerprint density at radius 3 is 2.71 bits per heavy atom. The van der Waals surface area contributed by atoms with Gasteiger partial charge in [0.25, 0.3) is 11.6 Å². The molecule has 1 fully saturated rings. The molecule has 1 heterocycles. The van der Waals surface area contributed by atoms with E-state index in [1.807, 2.05) is 18.7 Å². The lowest BCUT2D eigenvalue weighted by Crippen LogP contribution is -2.36. The van der Waals surface area contributed by atoms with Crippen molar-refractivity contribution in [1.82, 2.24) is 9.88 Å². The van der Waals surface area contributed by atoms with Crippen LogP contribution >= 0.6 is 0 Å². The van der Waals surface area contributed by atoms with Crippen molar-refractivity contribution >= 4 is 17.4 Å². The molecule has 0 saturated heterocycles. The molecule has 1 aliphatic carbocycles. The Morgan fingerprint density at radius 2 is 2.24 bits per heavy atom. The van der Waals surface area contributed by atoms with Crippen LogP contribution in [0.2, 0.25) is 0 Å². The van der Waals surface area contributed by atoms with Crippen LogP contribution in [0, 0.1) is 16.0 Å². The Balaban J connectivity index is 2.35. The van der Waals surface area contributed by atoms with Gasteiger partial charge in [-0.1, -0.05) is 13.8 Å². The molecule has 1 N–H and O–H groups in total. The summed E-state index contributed by atoms with van der Waals surface area (Å²) in [6.45, 7) is 4.75. The van der Waals surface area contributed by atoms with Crippen molar-refractivity contribution in [2.75, 3.05) is 18.9 Å². The largest absolute Gasteiger partial charge is 0.372 e. The monoisotopic (exact) mass is 292 g/mol. The molecule has 1 saturated carbocycles. The predicted octanol–water partition coefficient (Wildman–Crippen LogP) is 2.29. The summed E-state index contributed by atoms with van der Waals surface area (Å²) >= 11 is 0. The summed E-state index contributed by atoms with van der Waals surface area (Å²) in [5.74, 6) is 0.533. The number of aromatic nitrogens is 1. The zero-order chi connectivity index (χ0) is 15.6. The lowest BCUT2D eigenvalue weighted by Gasteiger charge is -2.25. The molecule has 0 spiro atoms. The molecule has 7 heteroatoms. The highest BCUT2D eigenvalue weighted by Crippen LogP contribution is 2.30. The van der Waals surface area contributed by atoms with Crippen LogP contribution in [0.5, 0.6) is 0 Å². The molecule has 0 radical (unpaired) electrons. The van der Waals surface area contributed by atoms with Gasteiger partial charge >= 0.3 is 0 Å². The quantitative estimate of drug-likeness (QED) is 0.642. The van der Waals surface area contributed by atoms with Crippen molar-refractivity contribution in [3.8, 4) is 0 Å². The number of pyridine rings is 1. The minimum atomic E-state index is -0.535. The van der Waals surface area contributed by atoms with Crippen molar-refractivity contribution in [2.45, 2.75) is 32.7 Å². The van der Waals surface area contributed by atoms with Crippen LogP contribution in [0.3, 0.4) is 0 Å². The number of hydrogen-bond acceptors (Lipinski definition) is 5. The molecule has 0 aromatic carbocycles. The molecule has 1 aliphatic rings. The lowest BCUT2D eigenvalue weighted by atomic mass is 10.1. The molecule has 0 unspecified atom stereocenters. The third-order valence-electron chi connectivity index (χ3n) is 3.36. The maximum absolute atomic E-state index is 12.7. The molecule has 0 atom stereocenters. The first kappa shape index (κ1) is 15.2. The molecule has 1 aromatic rings. The van der Waals surface area contributed by atoms with Crippen LogP contribution in [0.25, 0.3) is 0 Å². The van der Waals surface area contributed by atoms with Crippen LogP contribution in [0.4, 0.5) is 11.5 Å². The van der Waals surface area contributed by atoms with Gasteiger partial charge in [0.15, 0.2) is 0 Å². The van der Waals surface area contributed by atoms with Crippen LogP contribution in [-0.2, 0) is 0 Å². The summed E-state index contributed by atoms with van der Waals surface area (Å²) in [4.78, 5) is 28.9. The highest BCUT2D eigenvalue weighted by atomic mass is 16.6. The minimum Gasteiger partial charge on any atom is -0.372 e. The fraction of sp³-hybridized carbons (Fsp3) is 0.571. The van der Waals surface area contributed by atoms with E-state index in [-0.39, 0.29) is 23.2 Å². The van der Waals surface area contributed by atoms with E-state index in [1.165, 1.54) is 6.07 Å². The molecule has 1 amide bonds. The van der Waals surface area contributed by atoms with Gasteiger partial charge in [-0.05, 0) is 18.8 Å². The standard InChI is InChI=1S/C14H20N4O3/c1-9(2)8-17(10-4-5-10)14(19)12-6-11(18(20)21)7-16-13(12)15-3/h6-7,9-10H,4-5,8H2,1-3H3,(H,15,16). The topological polar surface area (TPSA) is 88.4 Å². The van der Waals surface area contributed by atoms with E-state index in [0.717, 1.165) is 19.0 Å². The van der Waals surface area contributed by atoms with E-state index >= 15 is 0 Å². The Morgan fingerprint density at radius 1 is 1.57 bits per heavy atom. The maximum atomic E-state index is 12.7. The van der Waals surface area contributed by atoms with Gasteiger partial charge < -0.3 is 10.2 Å². The Bertz CT molecular complexity index is 555. The van der Waals surface area contributed by atoms with Gasteiger partial charge in [0.2, 0.25) is 0 Å². The average molecular weight is 292 g/mol. The number of rotatable bonds is 6. The number of nitrogens with one attached hydrogen (secondary N) is 1. The van der Waals surface area contributed by atoms with Gasteiger partial charge in [-0.15, -0.1) is 0 Å². The van der Waals surface area contributed by atoms with Crippen LogP contribution in [0.1, 0.15) is 37.0 Å². The van der Waals surface area contributed by atoms with Crippen molar-refractivity contribution in [2.24, 2.45) is 5.92 Å². The highest BCUT2D eigenvalue weighted by Gasteiger charge is 2.34. The summed E-state index contributed by atoms with van der Waals surface area (Å²) in [7, 11) is 1.65. The number of carbonyl (C=O) groups excluding carboxylic acids is 1. The Kier molecular flexibility index (Phi) is 4.40. The highest BCUT2D eigenvalue weighted by molar-refractivity contribution is 5.99. The van der Waals surface area contributed by atoms with Gasteiger partial charge in [-0.3, -0.25) is 14.9 Å². The summed E-state index contributed by atoms with van der Waals surface area (Å²) in [6, 6.07) is 1.56. The second-order valence-corrected chi connectivity index (χ2v) is 5.68. The number of hydrogen-bond donors (Lipinski definition) is 1. The first-order valence-electron chi connectivity index (χ1n) is 7.07. The molecular weight excluding hydrogens is 272 g/mol. The number of nitrogens with zero attached hydrogens (tertiary/aromatic N) is 3. The molecule has 0 bridgehead atoms. The van der Waals surface area contributed by atoms with Crippen LogP contribution in [0.15, 0.2) is 12.3 Å². The fourth-order valence-electron chi connectivity index (χ4n) is 2.25. The van der Waals surface area contributed by atoms with Gasteiger partial charge in [0.1, 0.15) is 12.0 Å². The molecule has 21 heavy (non-hydrogen) atoms. The smallest absolute Gasteiger partial charge is 0.288 e. The van der Waals surface area contributed by atoms with E-state index in [9.17, 15) is 14.9 Å². The predicted molar refractivity (Wildman–Crippen MR) is 79.3 cm³/mol. The molecule has 2 rings (SSSR count). The van der Waals surface area contributed by atoms with E-state index < -0.39 is 4.92 Å². The fourth-order valence-corrected chi connectivity index (χ4v) is 2.25. The Labute approximate surface area is 123 Å². The average Bonchev–Trinajstić information content (AvgIpc) is 3.27. The molecular formula is C14H20N4O3. The second kappa shape index (κ2) is 6.07. The van der Waals surface area contributed by atoms with Crippen molar-refractivity contribution in [3.63, 3.8) is 0 Å². The third-order valence-corrected chi connectivity index (χ3v) is 3.36. The third kappa shape index (κ3) is 3.48. The zero-order valence-corrected chi connectivity index (χ0v) is 12.5. The van der Waals surface area contributed by atoms with E-state index in [4.69, 9.17) is 0 Å². The van der Waals surface area contributed by atoms with Crippen molar-refractivity contribution < 1.29 is 9.72 Å². The molecule has 0 aliphatic heterocycles. The van der Waals surface area contributed by atoms with E-state index in [2.05, 4.69) is 10.3 Å². The Hall–Kier alpha value is -2.18. The van der Waals surface area contributed by atoms with Gasteiger partial charge in [-0.25, -0.2) is 4.98 Å². The summed E-state index contributed by atoms with van der Waals surface area (Å²) in [5, 5.41) is 13.7. The molecule has 7 nitrogen and oxygen atoms in total. The van der Waals surface area contributed by atoms with Gasteiger partial charge in [0, 0.05) is 25.7 Å². The minimum absolute atomic E-state index is 0.169. The summed E-state index contributed by atoms with van der Waals surface area (Å²) in [5.41, 5.74) is 0.0943. The zero-order valence-electron chi connectivity index (χ0n) is 12.5. The number of carbonyl (C=O) groups is 1. The molecule has 114 valence electrons. The van der Waals surface area contributed by atoms with Gasteiger partial charge in [0.05, 0.1) is 10.5 Å². The number of nitro groups is 1. The first-order chi connectivity index (χ1) is 9.93. The summed E-state index contributed by atoms with van der Waals surface area (Å²) in [6.07, 6.45) is 3.15. The van der Waals surface area contributed by atoms with Gasteiger partial charge in [-0.2, -0.15) is 0 Å². The lowest BCUT2D eigenvalue weighted by molar-refractivity contribution is -0.385. The van der Waals surface area contributed by atoms with Crippen LogP contribution < -0.4 is 5.32 Å².